The van der Waals surface area contributed by atoms with E-state index in [1.54, 1.807) is 25.5 Å². The van der Waals surface area contributed by atoms with Crippen LogP contribution >= 0.6 is 0 Å². The number of hydrogen-bond acceptors (Lipinski definition) is 6. The molecule has 1 aliphatic carbocycles. The van der Waals surface area contributed by atoms with Crippen LogP contribution in [-0.4, -0.2) is 50.8 Å². The molecule has 0 spiro atoms. The molecule has 2 aromatic heterocycles. The van der Waals surface area contributed by atoms with E-state index in [0.29, 0.717) is 22.5 Å². The molecule has 30 heavy (non-hydrogen) atoms. The lowest BCUT2D eigenvalue weighted by atomic mass is 10.00. The Hall–Kier alpha value is -3.07. The van der Waals surface area contributed by atoms with Crippen LogP contribution in [0, 0.1) is 11.7 Å². The van der Waals surface area contributed by atoms with E-state index >= 15 is 0 Å². The van der Waals surface area contributed by atoms with Crippen molar-refractivity contribution in [1.29, 1.82) is 0 Å². The van der Waals surface area contributed by atoms with Crippen molar-refractivity contribution in [3.8, 4) is 0 Å². The maximum Gasteiger partial charge on any atom is 0.275 e. The van der Waals surface area contributed by atoms with Crippen LogP contribution in [0.3, 0.4) is 0 Å². The number of aromatic nitrogens is 4. The highest BCUT2D eigenvalue weighted by Gasteiger charge is 2.38. The number of halogens is 1. The van der Waals surface area contributed by atoms with E-state index in [1.165, 1.54) is 29.8 Å². The molecule has 0 bridgehead atoms. The minimum Gasteiger partial charge on any atom is -0.355 e. The van der Waals surface area contributed by atoms with E-state index in [0.717, 1.165) is 25.5 Å². The summed E-state index contributed by atoms with van der Waals surface area (Å²) >= 11 is 0. The summed E-state index contributed by atoms with van der Waals surface area (Å²) in [5.74, 6) is 0.468. The van der Waals surface area contributed by atoms with Gasteiger partial charge in [0.05, 0.1) is 12.4 Å². The van der Waals surface area contributed by atoms with Gasteiger partial charge in [0.2, 0.25) is 0 Å². The number of anilines is 2. The van der Waals surface area contributed by atoms with E-state index in [2.05, 4.69) is 37.5 Å². The number of nitrogens with one attached hydrogen (secondary N) is 2. The summed E-state index contributed by atoms with van der Waals surface area (Å²) in [4.78, 5) is 23.3. The predicted octanol–water partition coefficient (Wildman–Crippen LogP) is 2.33. The van der Waals surface area contributed by atoms with Gasteiger partial charge in [-0.15, -0.1) is 0 Å². The minimum absolute atomic E-state index is 0.186. The summed E-state index contributed by atoms with van der Waals surface area (Å²) in [6.45, 7) is 5.17. The highest BCUT2D eigenvalue weighted by Crippen LogP contribution is 2.35. The number of amides is 1. The molecule has 156 valence electrons. The molecule has 1 aliphatic heterocycles. The van der Waals surface area contributed by atoms with Gasteiger partial charge in [0.25, 0.3) is 5.91 Å². The molecule has 0 unspecified atom stereocenters. The first-order valence-electron chi connectivity index (χ1n) is 10.1. The Balaban J connectivity index is 1.19. The molecule has 1 saturated carbocycles. The Morgan fingerprint density at radius 1 is 1.27 bits per heavy atom. The van der Waals surface area contributed by atoms with Gasteiger partial charge < -0.3 is 15.5 Å². The van der Waals surface area contributed by atoms with Gasteiger partial charge in [-0.1, -0.05) is 0 Å². The summed E-state index contributed by atoms with van der Waals surface area (Å²) in [6.07, 6.45) is 7.30. The van der Waals surface area contributed by atoms with Crippen LogP contribution in [0.25, 0.3) is 10.9 Å². The molecule has 3 heterocycles. The lowest BCUT2D eigenvalue weighted by Gasteiger charge is -2.40. The molecule has 1 aromatic carbocycles. The van der Waals surface area contributed by atoms with Crippen LogP contribution in [0.1, 0.15) is 30.3 Å². The highest BCUT2D eigenvalue weighted by molar-refractivity contribution is 6.03. The van der Waals surface area contributed by atoms with Gasteiger partial charge in [-0.3, -0.25) is 9.48 Å². The highest BCUT2D eigenvalue weighted by atomic mass is 19.1. The van der Waals surface area contributed by atoms with E-state index in [1.807, 2.05) is 0 Å². The third-order valence-corrected chi connectivity index (χ3v) is 5.90. The molecule has 2 aliphatic rings. The van der Waals surface area contributed by atoms with E-state index in [9.17, 15) is 9.18 Å². The molecular weight excluding hydrogens is 385 g/mol. The maximum absolute atomic E-state index is 14.2. The summed E-state index contributed by atoms with van der Waals surface area (Å²) in [7, 11) is 1.72. The Bertz CT molecular complexity index is 1100. The molecule has 8 nitrogen and oxygen atoms in total. The first kappa shape index (κ1) is 18.9. The van der Waals surface area contributed by atoms with Gasteiger partial charge in [0.1, 0.15) is 17.0 Å². The third-order valence-electron chi connectivity index (χ3n) is 5.90. The van der Waals surface area contributed by atoms with Crippen LogP contribution in [0.15, 0.2) is 30.7 Å². The quantitative estimate of drug-likeness (QED) is 0.650. The monoisotopic (exact) mass is 409 g/mol. The minimum atomic E-state index is -0.484. The van der Waals surface area contributed by atoms with Crippen molar-refractivity contribution in [2.24, 2.45) is 13.0 Å². The van der Waals surface area contributed by atoms with Crippen LogP contribution < -0.4 is 15.5 Å². The predicted molar refractivity (Wildman–Crippen MR) is 112 cm³/mol. The zero-order valence-electron chi connectivity index (χ0n) is 17.0. The van der Waals surface area contributed by atoms with Crippen molar-refractivity contribution >= 4 is 28.3 Å². The Morgan fingerprint density at radius 3 is 2.77 bits per heavy atom. The molecule has 5 rings (SSSR count). The molecule has 0 atom stereocenters. The molecule has 9 heteroatoms. The van der Waals surface area contributed by atoms with Crippen molar-refractivity contribution in [3.63, 3.8) is 0 Å². The van der Waals surface area contributed by atoms with E-state index in [4.69, 9.17) is 0 Å². The SMILES string of the molecule is Cn1cc2cc(NC(=O)c3cnc(N4CC(CNC5(C)CC5)C4)cn3)cc(F)c2n1. The molecule has 1 saturated heterocycles. The van der Waals surface area contributed by atoms with Crippen molar-refractivity contribution in [1.82, 2.24) is 25.1 Å². The third kappa shape index (κ3) is 3.72. The van der Waals surface area contributed by atoms with E-state index < -0.39 is 11.7 Å². The number of nitrogens with zero attached hydrogens (tertiary/aromatic N) is 5. The zero-order chi connectivity index (χ0) is 20.9. The average molecular weight is 409 g/mol. The molecule has 3 aromatic rings. The molecule has 2 fully saturated rings. The van der Waals surface area contributed by atoms with Gasteiger partial charge in [0.15, 0.2) is 5.82 Å². The van der Waals surface area contributed by atoms with Crippen LogP contribution in [0.4, 0.5) is 15.9 Å². The molecule has 2 N–H and O–H groups in total. The average Bonchev–Trinajstić information content (AvgIpc) is 3.28. The first-order valence-corrected chi connectivity index (χ1v) is 10.1. The van der Waals surface area contributed by atoms with Gasteiger partial charge in [-0.05, 0) is 31.9 Å². The molecule has 0 radical (unpaired) electrons. The smallest absolute Gasteiger partial charge is 0.275 e. The molecule has 1 amide bonds. The fourth-order valence-electron chi connectivity index (χ4n) is 3.72. The Morgan fingerprint density at radius 2 is 2.07 bits per heavy atom. The number of rotatable bonds is 6. The van der Waals surface area contributed by atoms with E-state index in [-0.39, 0.29) is 11.2 Å². The topological polar surface area (TPSA) is 88.0 Å². The summed E-state index contributed by atoms with van der Waals surface area (Å²) in [5.41, 5.74) is 1.17. The normalized spacial score (nSPS) is 17.8. The number of aryl methyl sites for hydroxylation is 1. The van der Waals surface area contributed by atoms with Crippen LogP contribution in [-0.2, 0) is 7.05 Å². The standard InChI is InChI=1S/C21H24FN7O/c1-21(3-4-21)25-7-13-10-29(11-13)18-9-23-17(8-24-18)20(30)26-15-5-14-12-28(2)27-19(14)16(22)6-15/h5-6,8-9,12-13,25H,3-4,7,10-11H2,1-2H3,(H,26,30). The lowest BCUT2D eigenvalue weighted by Crippen LogP contribution is -2.52. The van der Waals surface area contributed by atoms with Crippen molar-refractivity contribution < 1.29 is 9.18 Å². The summed E-state index contributed by atoms with van der Waals surface area (Å²) in [6, 6.07) is 2.94. The van der Waals surface area contributed by atoms with Crippen molar-refractivity contribution in [3.05, 3.63) is 42.2 Å². The van der Waals surface area contributed by atoms with Crippen LogP contribution in [0.5, 0.6) is 0 Å². The van der Waals surface area contributed by atoms with Gasteiger partial charge in [0, 0.05) is 55.4 Å². The summed E-state index contributed by atoms with van der Waals surface area (Å²) in [5, 5.41) is 11.0. The second kappa shape index (κ2) is 7.02. The number of hydrogen-bond donors (Lipinski definition) is 2. The second-order valence-electron chi connectivity index (χ2n) is 8.63. The number of benzene rings is 1. The number of carbonyl (C=O) groups is 1. The Labute approximate surface area is 173 Å². The molecular formula is C21H24FN7O. The largest absolute Gasteiger partial charge is 0.355 e. The number of fused-ring (bicyclic) bond motifs is 1. The Kier molecular flexibility index (Phi) is 4.43. The zero-order valence-corrected chi connectivity index (χ0v) is 17.0. The maximum atomic E-state index is 14.2. The van der Waals surface area contributed by atoms with Gasteiger partial charge in [-0.2, -0.15) is 5.10 Å². The second-order valence-corrected chi connectivity index (χ2v) is 8.63. The number of carbonyl (C=O) groups excluding carboxylic acids is 1. The fourth-order valence-corrected chi connectivity index (χ4v) is 3.72. The fraction of sp³-hybridized carbons (Fsp3) is 0.429. The van der Waals surface area contributed by atoms with Gasteiger partial charge in [-0.25, -0.2) is 14.4 Å². The summed E-state index contributed by atoms with van der Waals surface area (Å²) < 4.78 is 15.7. The first-order chi connectivity index (χ1) is 14.4. The van der Waals surface area contributed by atoms with Gasteiger partial charge >= 0.3 is 0 Å². The van der Waals surface area contributed by atoms with Crippen molar-refractivity contribution in [2.45, 2.75) is 25.3 Å². The lowest BCUT2D eigenvalue weighted by molar-refractivity contribution is 0.102. The van der Waals surface area contributed by atoms with Crippen LogP contribution in [0.2, 0.25) is 0 Å². The van der Waals surface area contributed by atoms with Crippen molar-refractivity contribution in [2.75, 3.05) is 29.9 Å².